The zero-order valence-electron chi connectivity index (χ0n) is 9.83. The molecular formula is C12H10NNaO3S. The number of nitrogens with one attached hydrogen (secondary N) is 1. The van der Waals surface area contributed by atoms with Gasteiger partial charge in [-0.1, -0.05) is 48.5 Å². The Morgan fingerprint density at radius 2 is 1.44 bits per heavy atom. The zero-order chi connectivity index (χ0) is 12.3. The van der Waals surface area contributed by atoms with Gasteiger partial charge < -0.3 is 4.55 Å². The Kier molecular flexibility index (Phi) is 5.37. The van der Waals surface area contributed by atoms with Crippen LogP contribution in [-0.4, -0.2) is 13.0 Å². The molecule has 2 aromatic carbocycles. The van der Waals surface area contributed by atoms with Crippen LogP contribution in [0, 0.1) is 0 Å². The summed E-state index contributed by atoms with van der Waals surface area (Å²) < 4.78 is 34.1. The Bertz CT molecular complexity index is 614. The van der Waals surface area contributed by atoms with E-state index in [1.165, 1.54) is 0 Å². The van der Waals surface area contributed by atoms with Crippen LogP contribution in [0.1, 0.15) is 0 Å². The van der Waals surface area contributed by atoms with E-state index in [2.05, 4.69) is 0 Å². The maximum absolute atomic E-state index is 10.7. The second kappa shape index (κ2) is 6.36. The van der Waals surface area contributed by atoms with E-state index < -0.39 is 10.3 Å². The molecule has 0 aliphatic heterocycles. The third kappa shape index (κ3) is 4.12. The average molecular weight is 271 g/mol. The predicted molar refractivity (Wildman–Crippen MR) is 65.2 cm³/mol. The van der Waals surface area contributed by atoms with Crippen LogP contribution >= 0.6 is 0 Å². The summed E-state index contributed by atoms with van der Waals surface area (Å²) in [6, 6.07) is 16.0. The molecule has 0 heterocycles. The fourth-order valence-electron chi connectivity index (χ4n) is 1.58. The normalized spacial score (nSPS) is 10.5. The van der Waals surface area contributed by atoms with Crippen LogP contribution in [0.15, 0.2) is 54.6 Å². The van der Waals surface area contributed by atoms with Crippen LogP contribution in [0.2, 0.25) is 0 Å². The van der Waals surface area contributed by atoms with Gasteiger partial charge in [-0.3, -0.25) is 4.72 Å². The number of rotatable bonds is 3. The van der Waals surface area contributed by atoms with Gasteiger partial charge in [0.25, 0.3) is 0 Å². The second-order valence-corrected chi connectivity index (χ2v) is 4.58. The smallest absolute Gasteiger partial charge is 0.731 e. The molecule has 0 aromatic heterocycles. The minimum absolute atomic E-state index is 0. The first-order valence-electron chi connectivity index (χ1n) is 4.94. The van der Waals surface area contributed by atoms with Gasteiger partial charge in [0.2, 0.25) is 0 Å². The number of anilines is 1. The van der Waals surface area contributed by atoms with Crippen molar-refractivity contribution < 1.29 is 42.5 Å². The van der Waals surface area contributed by atoms with Crippen molar-refractivity contribution in [2.24, 2.45) is 0 Å². The minimum atomic E-state index is -4.51. The Labute approximate surface area is 128 Å². The minimum Gasteiger partial charge on any atom is -0.731 e. The molecule has 0 atom stereocenters. The topological polar surface area (TPSA) is 69.2 Å². The SMILES string of the molecule is O=S(=O)([O-])Nc1ccccc1-c1ccccc1.[Na+]. The Balaban J connectivity index is 0.00000162. The fraction of sp³-hybridized carbons (Fsp3) is 0. The third-order valence-corrected chi connectivity index (χ3v) is 2.72. The van der Waals surface area contributed by atoms with Crippen molar-refractivity contribution in [2.75, 3.05) is 4.72 Å². The monoisotopic (exact) mass is 271 g/mol. The summed E-state index contributed by atoms with van der Waals surface area (Å²) >= 11 is 0. The van der Waals surface area contributed by atoms with E-state index in [1.54, 1.807) is 24.3 Å². The molecule has 0 fully saturated rings. The number of hydrogen-bond donors (Lipinski definition) is 1. The van der Waals surface area contributed by atoms with E-state index in [1.807, 2.05) is 35.1 Å². The van der Waals surface area contributed by atoms with Crippen LogP contribution in [0.25, 0.3) is 11.1 Å². The zero-order valence-corrected chi connectivity index (χ0v) is 12.6. The largest absolute Gasteiger partial charge is 1.00 e. The van der Waals surface area contributed by atoms with E-state index in [9.17, 15) is 13.0 Å². The van der Waals surface area contributed by atoms with Crippen molar-refractivity contribution in [1.82, 2.24) is 0 Å². The molecule has 6 heteroatoms. The van der Waals surface area contributed by atoms with Crippen molar-refractivity contribution in [3.63, 3.8) is 0 Å². The van der Waals surface area contributed by atoms with Gasteiger partial charge in [0, 0.05) is 5.56 Å². The summed E-state index contributed by atoms with van der Waals surface area (Å²) in [6.07, 6.45) is 0. The molecule has 1 N–H and O–H groups in total. The summed E-state index contributed by atoms with van der Waals surface area (Å²) in [4.78, 5) is 0. The number of benzene rings is 2. The average Bonchev–Trinajstić information content (AvgIpc) is 2.29. The Hall–Kier alpha value is -0.850. The van der Waals surface area contributed by atoms with E-state index in [-0.39, 0.29) is 35.2 Å². The van der Waals surface area contributed by atoms with Crippen molar-refractivity contribution in [2.45, 2.75) is 0 Å². The summed E-state index contributed by atoms with van der Waals surface area (Å²) in [5.74, 6) is 0. The predicted octanol–water partition coefficient (Wildman–Crippen LogP) is -0.770. The first kappa shape index (κ1) is 15.2. The molecule has 18 heavy (non-hydrogen) atoms. The van der Waals surface area contributed by atoms with Gasteiger partial charge in [0.15, 0.2) is 10.3 Å². The van der Waals surface area contributed by atoms with Crippen molar-refractivity contribution in [3.8, 4) is 11.1 Å². The standard InChI is InChI=1S/C12H11NO3S.Na/c14-17(15,16)13-12-9-5-4-8-11(12)10-6-2-1-3-7-10;/h1-9,13H,(H,14,15,16);/q;+1/p-1. The molecule has 0 spiro atoms. The molecule has 0 unspecified atom stereocenters. The maximum Gasteiger partial charge on any atom is 1.00 e. The molecule has 0 saturated heterocycles. The number of para-hydroxylation sites is 1. The molecule has 0 amide bonds. The van der Waals surface area contributed by atoms with E-state index in [0.717, 1.165) is 5.56 Å². The van der Waals surface area contributed by atoms with Gasteiger partial charge in [-0.25, -0.2) is 8.42 Å². The van der Waals surface area contributed by atoms with Gasteiger partial charge in [-0.05, 0) is 11.6 Å². The van der Waals surface area contributed by atoms with Crippen LogP contribution in [-0.2, 0) is 10.3 Å². The molecule has 0 aliphatic carbocycles. The second-order valence-electron chi connectivity index (χ2n) is 3.47. The molecular weight excluding hydrogens is 261 g/mol. The molecule has 4 nitrogen and oxygen atoms in total. The number of hydrogen-bond acceptors (Lipinski definition) is 3. The van der Waals surface area contributed by atoms with E-state index in [4.69, 9.17) is 0 Å². The van der Waals surface area contributed by atoms with Gasteiger partial charge >= 0.3 is 29.6 Å². The van der Waals surface area contributed by atoms with Gasteiger partial charge in [-0.2, -0.15) is 0 Å². The molecule has 88 valence electrons. The molecule has 0 radical (unpaired) electrons. The summed E-state index contributed by atoms with van der Waals surface area (Å²) in [5.41, 5.74) is 1.81. The van der Waals surface area contributed by atoms with Crippen LogP contribution < -0.4 is 34.3 Å². The third-order valence-electron chi connectivity index (χ3n) is 2.25. The Morgan fingerprint density at radius 1 is 0.889 bits per heavy atom. The molecule has 2 rings (SSSR count). The molecule has 0 saturated carbocycles. The molecule has 0 aliphatic rings. The van der Waals surface area contributed by atoms with Crippen molar-refractivity contribution in [3.05, 3.63) is 54.6 Å². The van der Waals surface area contributed by atoms with Crippen LogP contribution in [0.3, 0.4) is 0 Å². The maximum atomic E-state index is 10.7. The van der Waals surface area contributed by atoms with Crippen molar-refractivity contribution >= 4 is 16.0 Å². The Morgan fingerprint density at radius 3 is 2.06 bits per heavy atom. The van der Waals surface area contributed by atoms with Gasteiger partial charge in [0.1, 0.15) is 0 Å². The van der Waals surface area contributed by atoms with Crippen LogP contribution in [0.4, 0.5) is 5.69 Å². The van der Waals surface area contributed by atoms with E-state index >= 15 is 0 Å². The molecule has 0 bridgehead atoms. The van der Waals surface area contributed by atoms with Gasteiger partial charge in [-0.15, -0.1) is 0 Å². The summed E-state index contributed by atoms with van der Waals surface area (Å²) in [6.45, 7) is 0. The summed E-state index contributed by atoms with van der Waals surface area (Å²) in [5, 5.41) is 0. The van der Waals surface area contributed by atoms with Crippen LogP contribution in [0.5, 0.6) is 0 Å². The van der Waals surface area contributed by atoms with E-state index in [0.29, 0.717) is 5.56 Å². The first-order chi connectivity index (χ1) is 8.06. The first-order valence-corrected chi connectivity index (χ1v) is 6.35. The molecule has 2 aromatic rings. The van der Waals surface area contributed by atoms with Crippen molar-refractivity contribution in [1.29, 1.82) is 0 Å². The summed E-state index contributed by atoms with van der Waals surface area (Å²) in [7, 11) is -4.51. The van der Waals surface area contributed by atoms with Gasteiger partial charge in [0.05, 0.1) is 5.69 Å². The quantitative estimate of drug-likeness (QED) is 0.589. The fourth-order valence-corrected chi connectivity index (χ4v) is 2.02.